The van der Waals surface area contributed by atoms with Crippen LogP contribution in [0.3, 0.4) is 0 Å². The summed E-state index contributed by atoms with van der Waals surface area (Å²) in [6.45, 7) is 1.41. The van der Waals surface area contributed by atoms with Crippen LogP contribution in [0.1, 0.15) is 34.5 Å². The van der Waals surface area contributed by atoms with Crippen LogP contribution in [0.5, 0.6) is 11.5 Å². The highest BCUT2D eigenvalue weighted by atomic mass is 16.5. The lowest BCUT2D eigenvalue weighted by Gasteiger charge is -2.31. The van der Waals surface area contributed by atoms with E-state index in [2.05, 4.69) is 5.32 Å². The molecule has 4 unspecified atom stereocenters. The third-order valence-electron chi connectivity index (χ3n) is 7.48. The van der Waals surface area contributed by atoms with Gasteiger partial charge in [0.05, 0.1) is 24.6 Å². The van der Waals surface area contributed by atoms with Crippen molar-refractivity contribution in [2.45, 2.75) is 24.9 Å². The number of fused-ring (bicyclic) bond motifs is 1. The van der Waals surface area contributed by atoms with Crippen LogP contribution in [-0.4, -0.2) is 46.4 Å². The van der Waals surface area contributed by atoms with Crippen LogP contribution in [-0.2, 0) is 20.8 Å². The molecule has 2 heterocycles. The molecule has 194 valence electrons. The molecule has 0 radical (unpaired) electrons. The van der Waals surface area contributed by atoms with E-state index in [0.717, 1.165) is 4.90 Å². The first-order chi connectivity index (χ1) is 18.2. The first-order valence-electron chi connectivity index (χ1n) is 12.1. The lowest BCUT2D eigenvalue weighted by Crippen LogP contribution is -2.57. The highest BCUT2D eigenvalue weighted by Crippen LogP contribution is 2.53. The average molecular weight is 515 g/mol. The summed E-state index contributed by atoms with van der Waals surface area (Å²) in [5.41, 5.74) is -0.260. The summed E-state index contributed by atoms with van der Waals surface area (Å²) >= 11 is 0. The van der Waals surface area contributed by atoms with E-state index in [-0.39, 0.29) is 35.0 Å². The van der Waals surface area contributed by atoms with Crippen molar-refractivity contribution in [1.82, 2.24) is 5.32 Å². The number of phenolic OH excluding ortho intramolecular Hbond substituents is 1. The second-order valence-corrected chi connectivity index (χ2v) is 9.58. The fourth-order valence-corrected chi connectivity index (χ4v) is 5.68. The Morgan fingerprint density at radius 1 is 0.974 bits per heavy atom. The zero-order valence-corrected chi connectivity index (χ0v) is 20.8. The van der Waals surface area contributed by atoms with Gasteiger partial charge in [0.2, 0.25) is 11.8 Å². The Kier molecular flexibility index (Phi) is 6.24. The van der Waals surface area contributed by atoms with Gasteiger partial charge >= 0.3 is 5.97 Å². The quantitative estimate of drug-likeness (QED) is 0.324. The smallest absolute Gasteiger partial charge is 0.325 e. The minimum absolute atomic E-state index is 0.0678. The van der Waals surface area contributed by atoms with Crippen LogP contribution in [0.25, 0.3) is 0 Å². The van der Waals surface area contributed by atoms with Crippen molar-refractivity contribution >= 4 is 29.3 Å². The third-order valence-corrected chi connectivity index (χ3v) is 7.48. The summed E-state index contributed by atoms with van der Waals surface area (Å²) in [4.78, 5) is 53.6. The van der Waals surface area contributed by atoms with Gasteiger partial charge in [-0.15, -0.1) is 0 Å². The number of methoxy groups -OCH3 is 1. The van der Waals surface area contributed by atoms with Crippen molar-refractivity contribution in [2.24, 2.45) is 11.8 Å². The average Bonchev–Trinajstić information content (AvgIpc) is 3.38. The number of ketones is 1. The van der Waals surface area contributed by atoms with Crippen molar-refractivity contribution in [1.29, 1.82) is 0 Å². The van der Waals surface area contributed by atoms with Gasteiger partial charge in [-0.25, -0.2) is 4.90 Å². The van der Waals surface area contributed by atoms with E-state index < -0.39 is 41.2 Å². The topological polar surface area (TPSA) is 133 Å². The number of amides is 2. The molecule has 2 saturated heterocycles. The number of carbonyl (C=O) groups excluding carboxylic acids is 3. The molecule has 4 atom stereocenters. The van der Waals surface area contributed by atoms with Crippen LogP contribution in [0.4, 0.5) is 5.69 Å². The summed E-state index contributed by atoms with van der Waals surface area (Å²) in [7, 11) is 1.39. The number of rotatable bonds is 7. The number of nitrogens with one attached hydrogen (secondary N) is 1. The summed E-state index contributed by atoms with van der Waals surface area (Å²) in [6.07, 6.45) is -0.0678. The predicted molar refractivity (Wildman–Crippen MR) is 137 cm³/mol. The molecule has 3 N–H and O–H groups in total. The lowest BCUT2D eigenvalue weighted by atomic mass is 9.76. The fourth-order valence-electron chi connectivity index (χ4n) is 5.68. The standard InChI is InChI=1S/C29H26N2O7/c1-16(32)18-11-13-19(14-12-18)31-26(34)22-23(27(31)35)29(28(36)37,15-17-7-4-3-5-8-17)30-24(22)20-9-6-10-21(38-2)25(20)33/h3-14,22-24,30,33H,15H2,1-2H3,(H,36,37). The Balaban J connectivity index is 1.67. The Labute approximate surface area is 218 Å². The first kappa shape index (κ1) is 25.2. The van der Waals surface area contributed by atoms with Gasteiger partial charge in [0.15, 0.2) is 17.3 Å². The van der Waals surface area contributed by atoms with Crippen molar-refractivity contribution in [3.63, 3.8) is 0 Å². The minimum Gasteiger partial charge on any atom is -0.504 e. The maximum atomic E-state index is 14.0. The van der Waals surface area contributed by atoms with Crippen molar-refractivity contribution < 1.29 is 34.1 Å². The summed E-state index contributed by atoms with van der Waals surface area (Å²) < 4.78 is 5.24. The molecular formula is C29H26N2O7. The molecule has 3 aromatic rings. The van der Waals surface area contributed by atoms with Gasteiger partial charge in [-0.2, -0.15) is 0 Å². The monoisotopic (exact) mass is 514 g/mol. The number of carboxylic acids is 1. The number of hydrogen-bond donors (Lipinski definition) is 3. The maximum absolute atomic E-state index is 14.0. The Hall–Kier alpha value is -4.50. The van der Waals surface area contributed by atoms with Gasteiger partial charge in [0.1, 0.15) is 5.54 Å². The van der Waals surface area contributed by atoms with Gasteiger partial charge in [-0.05, 0) is 42.8 Å². The van der Waals surface area contributed by atoms with Crippen LogP contribution in [0.2, 0.25) is 0 Å². The molecule has 2 fully saturated rings. The third kappa shape index (κ3) is 3.83. The number of aliphatic carboxylic acids is 1. The summed E-state index contributed by atoms with van der Waals surface area (Å²) in [5, 5.41) is 24.6. The molecule has 0 bridgehead atoms. The van der Waals surface area contributed by atoms with Crippen LogP contribution in [0, 0.1) is 11.8 Å². The molecule has 2 aliphatic rings. The van der Waals surface area contributed by atoms with Gasteiger partial charge in [0.25, 0.3) is 0 Å². The second kappa shape index (κ2) is 9.42. The number of anilines is 1. The van der Waals surface area contributed by atoms with E-state index in [0.29, 0.717) is 11.1 Å². The molecule has 0 aromatic heterocycles. The van der Waals surface area contributed by atoms with Gasteiger partial charge < -0.3 is 14.9 Å². The number of para-hydroxylation sites is 1. The van der Waals surface area contributed by atoms with E-state index in [9.17, 15) is 29.4 Å². The SMILES string of the molecule is COc1cccc(C2NC(Cc3ccccc3)(C(=O)O)C3C(=O)N(c4ccc(C(C)=O)cc4)C(=O)C23)c1O. The summed E-state index contributed by atoms with van der Waals surface area (Å²) in [6, 6.07) is 18.7. The number of carboxylic acid groups (broad SMARTS) is 1. The number of aromatic hydroxyl groups is 1. The second-order valence-electron chi connectivity index (χ2n) is 9.58. The van der Waals surface area contributed by atoms with E-state index in [1.807, 2.05) is 0 Å². The number of benzene rings is 3. The summed E-state index contributed by atoms with van der Waals surface area (Å²) in [5.74, 6) is -5.17. The molecule has 3 aromatic carbocycles. The zero-order chi connectivity index (χ0) is 27.2. The number of imide groups is 1. The molecule has 0 saturated carbocycles. The van der Waals surface area contributed by atoms with Crippen LogP contribution in [0.15, 0.2) is 72.8 Å². The molecule has 5 rings (SSSR count). The van der Waals surface area contributed by atoms with Gasteiger partial charge in [0, 0.05) is 23.6 Å². The number of phenols is 1. The Bertz CT molecular complexity index is 1440. The number of carbonyl (C=O) groups is 4. The van der Waals surface area contributed by atoms with E-state index >= 15 is 0 Å². The Morgan fingerprint density at radius 2 is 1.66 bits per heavy atom. The molecule has 2 aliphatic heterocycles. The van der Waals surface area contributed by atoms with Crippen molar-refractivity contribution in [2.75, 3.05) is 12.0 Å². The van der Waals surface area contributed by atoms with E-state index in [1.54, 1.807) is 48.5 Å². The number of nitrogens with zero attached hydrogens (tertiary/aromatic N) is 1. The van der Waals surface area contributed by atoms with Gasteiger partial charge in [-0.3, -0.25) is 24.5 Å². The van der Waals surface area contributed by atoms with Crippen LogP contribution < -0.4 is 15.0 Å². The normalized spacial score (nSPS) is 24.4. The largest absolute Gasteiger partial charge is 0.504 e. The molecule has 0 aliphatic carbocycles. The van der Waals surface area contributed by atoms with Gasteiger partial charge in [-0.1, -0.05) is 42.5 Å². The molecule has 0 spiro atoms. The van der Waals surface area contributed by atoms with Crippen LogP contribution >= 0.6 is 0 Å². The predicted octanol–water partition coefficient (Wildman–Crippen LogP) is 3.12. The molecular weight excluding hydrogens is 488 g/mol. The van der Waals surface area contributed by atoms with E-state index in [4.69, 9.17) is 4.74 Å². The Morgan fingerprint density at radius 3 is 2.26 bits per heavy atom. The molecule has 9 heteroatoms. The fraction of sp³-hybridized carbons (Fsp3) is 0.241. The highest BCUT2D eigenvalue weighted by molar-refractivity contribution is 6.24. The number of hydrogen-bond acceptors (Lipinski definition) is 7. The maximum Gasteiger partial charge on any atom is 0.325 e. The first-order valence-corrected chi connectivity index (χ1v) is 12.1. The zero-order valence-electron chi connectivity index (χ0n) is 20.8. The van der Waals surface area contributed by atoms with E-state index in [1.165, 1.54) is 38.3 Å². The number of ether oxygens (including phenoxy) is 1. The minimum atomic E-state index is -1.84. The highest BCUT2D eigenvalue weighted by Gasteiger charge is 2.69. The van der Waals surface area contributed by atoms with Crippen molar-refractivity contribution in [3.05, 3.63) is 89.5 Å². The molecule has 38 heavy (non-hydrogen) atoms. The number of Topliss-reactive ketones (excluding diaryl/α,β-unsaturated/α-hetero) is 1. The lowest BCUT2D eigenvalue weighted by molar-refractivity contribution is -0.148. The molecule has 2 amide bonds. The molecule has 9 nitrogen and oxygen atoms in total. The van der Waals surface area contributed by atoms with Crippen molar-refractivity contribution in [3.8, 4) is 11.5 Å².